The first-order chi connectivity index (χ1) is 8.67. The predicted molar refractivity (Wildman–Crippen MR) is 84.7 cm³/mol. The molecule has 0 bridgehead atoms. The minimum absolute atomic E-state index is 0. The van der Waals surface area contributed by atoms with Crippen molar-refractivity contribution < 1.29 is 32.7 Å². The van der Waals surface area contributed by atoms with Crippen LogP contribution in [0.5, 0.6) is 0 Å². The maximum absolute atomic E-state index is 5.36. The molecule has 1 nitrogen and oxygen atoms in total. The average Bonchev–Trinajstić information content (AvgIpc) is 2.42. The molecular formula is C16H13INY-. The fraction of sp³-hybridized carbons (Fsp3) is 0.125. The molecule has 1 aliphatic rings. The summed E-state index contributed by atoms with van der Waals surface area (Å²) in [4.78, 5) is 2.16. The third kappa shape index (κ3) is 3.59. The van der Waals surface area contributed by atoms with Crippen molar-refractivity contribution in [2.24, 2.45) is 0 Å². The topological polar surface area (TPSA) is 3.24 Å². The summed E-state index contributed by atoms with van der Waals surface area (Å²) in [5.41, 5.74) is 4.07. The summed E-state index contributed by atoms with van der Waals surface area (Å²) in [6, 6.07) is 7.95. The quantitative estimate of drug-likeness (QED) is 0.386. The van der Waals surface area contributed by atoms with Crippen LogP contribution in [0.25, 0.3) is 5.70 Å². The van der Waals surface area contributed by atoms with Crippen molar-refractivity contribution in [1.29, 1.82) is 0 Å². The first-order valence-electron chi connectivity index (χ1n) is 5.70. The van der Waals surface area contributed by atoms with Crippen LogP contribution in [0.1, 0.15) is 18.1 Å². The maximum atomic E-state index is 5.36. The van der Waals surface area contributed by atoms with E-state index in [4.69, 9.17) is 6.42 Å². The van der Waals surface area contributed by atoms with Crippen LogP contribution in [-0.2, 0) is 32.7 Å². The van der Waals surface area contributed by atoms with E-state index >= 15 is 0 Å². The molecule has 0 saturated heterocycles. The van der Waals surface area contributed by atoms with Gasteiger partial charge in [0.25, 0.3) is 0 Å². The second-order valence-electron chi connectivity index (χ2n) is 3.90. The van der Waals surface area contributed by atoms with Gasteiger partial charge in [-0.05, 0) is 12.6 Å². The van der Waals surface area contributed by atoms with E-state index in [9.17, 15) is 0 Å². The van der Waals surface area contributed by atoms with E-state index in [1.165, 1.54) is 0 Å². The summed E-state index contributed by atoms with van der Waals surface area (Å²) in [5, 5.41) is 0. The molecule has 0 saturated carbocycles. The van der Waals surface area contributed by atoms with Crippen molar-refractivity contribution in [2.45, 2.75) is 6.92 Å². The molecule has 3 heteroatoms. The number of hydrogen-bond acceptors (Lipinski definition) is 1. The minimum atomic E-state index is 0. The van der Waals surface area contributed by atoms with E-state index in [-0.39, 0.29) is 32.7 Å². The molecule has 0 aliphatic carbocycles. The molecule has 0 amide bonds. The van der Waals surface area contributed by atoms with Crippen molar-refractivity contribution in [3.8, 4) is 12.3 Å². The van der Waals surface area contributed by atoms with Gasteiger partial charge in [-0.3, -0.25) is 0 Å². The number of allylic oxidation sites excluding steroid dienone is 3. The maximum Gasteiger partial charge on any atom is 0.0222 e. The predicted octanol–water partition coefficient (Wildman–Crippen LogP) is 3.98. The number of nitrogens with zero attached hydrogens (tertiary/aromatic N) is 1. The number of benzene rings is 1. The molecule has 1 aromatic rings. The molecule has 0 spiro atoms. The summed E-state index contributed by atoms with van der Waals surface area (Å²) in [6.07, 6.45) is 10.7. The summed E-state index contributed by atoms with van der Waals surface area (Å²) in [7, 11) is 0. The molecule has 1 aromatic carbocycles. The van der Waals surface area contributed by atoms with Crippen molar-refractivity contribution in [3.05, 3.63) is 63.4 Å². The normalized spacial score (nSPS) is 14.2. The second kappa shape index (κ2) is 7.43. The Bertz CT molecular complexity index is 576. The van der Waals surface area contributed by atoms with Gasteiger partial charge in [0.1, 0.15) is 0 Å². The molecule has 0 fully saturated rings. The number of rotatable bonds is 2. The number of terminal acetylenes is 1. The van der Waals surface area contributed by atoms with Crippen molar-refractivity contribution in [2.75, 3.05) is 6.54 Å². The number of likely N-dealkylation sites (N-methyl/N-ethyl adjacent to an activating group) is 1. The Morgan fingerprint density at radius 3 is 2.53 bits per heavy atom. The first-order valence-corrected chi connectivity index (χ1v) is 6.78. The van der Waals surface area contributed by atoms with Crippen LogP contribution in [0.2, 0.25) is 0 Å². The van der Waals surface area contributed by atoms with Gasteiger partial charge in [-0.2, -0.15) is 12.2 Å². The van der Waals surface area contributed by atoms with Crippen LogP contribution in [0.4, 0.5) is 0 Å². The molecule has 0 N–H and O–H groups in total. The summed E-state index contributed by atoms with van der Waals surface area (Å²) >= 11 is 2.28. The third-order valence-electron chi connectivity index (χ3n) is 2.85. The van der Waals surface area contributed by atoms with Gasteiger partial charge < -0.3 is 4.90 Å². The monoisotopic (exact) mass is 435 g/mol. The largest absolute Gasteiger partial charge is 0.375 e. The molecule has 1 heterocycles. The molecule has 93 valence electrons. The van der Waals surface area contributed by atoms with Crippen LogP contribution in [0.15, 0.2) is 46.2 Å². The first kappa shape index (κ1) is 16.7. The fourth-order valence-corrected chi connectivity index (χ4v) is 2.32. The molecule has 1 radical (unpaired) electrons. The summed E-state index contributed by atoms with van der Waals surface area (Å²) < 4.78 is 1.12. The zero-order valence-corrected chi connectivity index (χ0v) is 15.8. The van der Waals surface area contributed by atoms with Crippen LogP contribution in [-0.4, -0.2) is 11.4 Å². The van der Waals surface area contributed by atoms with E-state index in [0.29, 0.717) is 0 Å². The van der Waals surface area contributed by atoms with Crippen molar-refractivity contribution in [1.82, 2.24) is 4.90 Å². The van der Waals surface area contributed by atoms with Gasteiger partial charge >= 0.3 is 0 Å². The fourth-order valence-electron chi connectivity index (χ4n) is 1.87. The smallest absolute Gasteiger partial charge is 0.0222 e. The third-order valence-corrected chi connectivity index (χ3v) is 3.78. The van der Waals surface area contributed by atoms with Gasteiger partial charge in [0.15, 0.2) is 0 Å². The number of hydrogen-bond donors (Lipinski definition) is 0. The zero-order valence-electron chi connectivity index (χ0n) is 10.8. The molecular weight excluding hydrogens is 422 g/mol. The summed E-state index contributed by atoms with van der Waals surface area (Å²) in [6.45, 7) is 7.10. The molecule has 2 rings (SSSR count). The van der Waals surface area contributed by atoms with Crippen molar-refractivity contribution in [3.63, 3.8) is 0 Å². The van der Waals surface area contributed by atoms with Gasteiger partial charge in [0.2, 0.25) is 0 Å². The molecule has 1 aliphatic heterocycles. The SMILES string of the molecule is C#Cc1ccc(C2=[C-]C=C(I)C(=C)N2CC)cc1.[Y]. The van der Waals surface area contributed by atoms with E-state index < -0.39 is 0 Å². The van der Waals surface area contributed by atoms with Crippen LogP contribution < -0.4 is 0 Å². The van der Waals surface area contributed by atoms with Gasteiger partial charge in [0.05, 0.1) is 0 Å². The second-order valence-corrected chi connectivity index (χ2v) is 5.06. The molecule has 0 aromatic heterocycles. The van der Waals surface area contributed by atoms with Crippen LogP contribution >= 0.6 is 22.6 Å². The van der Waals surface area contributed by atoms with Crippen molar-refractivity contribution >= 4 is 28.3 Å². The van der Waals surface area contributed by atoms with Gasteiger partial charge in [-0.1, -0.05) is 39.5 Å². The van der Waals surface area contributed by atoms with Crippen LogP contribution in [0.3, 0.4) is 0 Å². The van der Waals surface area contributed by atoms with Gasteiger partial charge in [-0.25, -0.2) is 0 Å². The zero-order chi connectivity index (χ0) is 13.1. The Balaban J connectivity index is 0.00000180. The Morgan fingerprint density at radius 2 is 2.00 bits per heavy atom. The van der Waals surface area contributed by atoms with E-state index in [0.717, 1.165) is 32.6 Å². The van der Waals surface area contributed by atoms with E-state index in [1.54, 1.807) is 0 Å². The Morgan fingerprint density at radius 1 is 1.37 bits per heavy atom. The Labute approximate surface area is 153 Å². The number of halogens is 1. The molecule has 19 heavy (non-hydrogen) atoms. The standard InChI is InChI=1S/C16H13IN.Y/c1-4-13-6-8-14(9-7-13)16-11-10-15(17)12(3)18(16)5-2;/h1,6-10H,3,5H2,2H3;/q-1;. The Kier molecular flexibility index (Phi) is 6.52. The molecule has 0 atom stereocenters. The molecule has 0 unspecified atom stereocenters. The Hall–Kier alpha value is -0.366. The average molecular weight is 435 g/mol. The van der Waals surface area contributed by atoms with E-state index in [2.05, 4.69) is 53.0 Å². The van der Waals surface area contributed by atoms with E-state index in [1.807, 2.05) is 30.3 Å². The minimum Gasteiger partial charge on any atom is -0.375 e. The van der Waals surface area contributed by atoms with Crippen LogP contribution in [0, 0.1) is 18.4 Å². The van der Waals surface area contributed by atoms with Gasteiger partial charge in [-0.15, -0.1) is 41.1 Å². The summed E-state index contributed by atoms with van der Waals surface area (Å²) in [5.74, 6) is 2.62. The van der Waals surface area contributed by atoms with Gasteiger partial charge in [0, 0.05) is 44.8 Å².